The molecule has 14 heteroatoms. The van der Waals surface area contributed by atoms with Crippen LogP contribution in [0.1, 0.15) is 10.4 Å². The number of halogens is 6. The van der Waals surface area contributed by atoms with E-state index in [0.717, 1.165) is 41.7 Å². The highest BCUT2D eigenvalue weighted by atomic mass is 35.5. The van der Waals surface area contributed by atoms with Gasteiger partial charge in [-0.15, -0.1) is 13.2 Å². The van der Waals surface area contributed by atoms with E-state index in [1.165, 1.54) is 18.2 Å². The van der Waals surface area contributed by atoms with Gasteiger partial charge in [-0.2, -0.15) is 0 Å². The third kappa shape index (κ3) is 5.98. The summed E-state index contributed by atoms with van der Waals surface area (Å²) < 4.78 is 74.4. The molecule has 0 radical (unpaired) electrons. The molecule has 36 heavy (non-hydrogen) atoms. The van der Waals surface area contributed by atoms with Crippen molar-refractivity contribution in [2.75, 3.05) is 5.32 Å². The number of imide groups is 1. The van der Waals surface area contributed by atoms with E-state index in [0.29, 0.717) is 10.2 Å². The Morgan fingerprint density at radius 2 is 1.67 bits per heavy atom. The van der Waals surface area contributed by atoms with Gasteiger partial charge in [-0.25, -0.2) is 18.6 Å². The van der Waals surface area contributed by atoms with Gasteiger partial charge in [0.15, 0.2) is 5.13 Å². The van der Waals surface area contributed by atoms with Crippen LogP contribution in [0.15, 0.2) is 54.6 Å². The molecule has 0 saturated heterocycles. The number of alkyl halides is 3. The Labute approximate surface area is 207 Å². The summed E-state index contributed by atoms with van der Waals surface area (Å²) in [7, 11) is 0. The maximum Gasteiger partial charge on any atom is 0.573 e. The van der Waals surface area contributed by atoms with Gasteiger partial charge in [-0.3, -0.25) is 15.4 Å². The van der Waals surface area contributed by atoms with Crippen LogP contribution in [-0.4, -0.2) is 23.3 Å². The minimum absolute atomic E-state index is 0.0617. The van der Waals surface area contributed by atoms with Crippen LogP contribution < -0.4 is 20.1 Å². The quantitative estimate of drug-likeness (QED) is 0.268. The van der Waals surface area contributed by atoms with E-state index >= 15 is 0 Å². The van der Waals surface area contributed by atoms with Gasteiger partial charge in [0.25, 0.3) is 5.91 Å². The molecule has 0 bridgehead atoms. The van der Waals surface area contributed by atoms with E-state index in [4.69, 9.17) is 16.3 Å². The van der Waals surface area contributed by atoms with Crippen molar-refractivity contribution >= 4 is 50.2 Å². The second kappa shape index (κ2) is 9.95. The first-order valence-corrected chi connectivity index (χ1v) is 10.9. The lowest BCUT2D eigenvalue weighted by Gasteiger charge is -2.11. The van der Waals surface area contributed by atoms with Crippen molar-refractivity contribution in [1.29, 1.82) is 0 Å². The number of nitrogens with one attached hydrogen (secondary N) is 2. The molecule has 0 fully saturated rings. The molecule has 1 aromatic heterocycles. The number of benzene rings is 3. The number of ether oxygens (including phenoxy) is 2. The van der Waals surface area contributed by atoms with E-state index in [1.807, 2.05) is 5.32 Å². The van der Waals surface area contributed by atoms with Gasteiger partial charge in [-0.05, 0) is 36.4 Å². The van der Waals surface area contributed by atoms with Gasteiger partial charge in [0.05, 0.1) is 15.2 Å². The molecule has 0 unspecified atom stereocenters. The first-order chi connectivity index (χ1) is 17.0. The van der Waals surface area contributed by atoms with Crippen LogP contribution in [0.2, 0.25) is 5.02 Å². The molecule has 4 rings (SSSR count). The number of nitrogens with zero attached hydrogens (tertiary/aromatic N) is 1. The summed E-state index contributed by atoms with van der Waals surface area (Å²) in [5, 5.41) is 4.05. The molecule has 0 aliphatic heterocycles. The molecular weight excluding hydrogens is 533 g/mol. The number of urea groups is 1. The minimum atomic E-state index is -4.87. The lowest BCUT2D eigenvalue weighted by atomic mass is 10.2. The second-order valence-electron chi connectivity index (χ2n) is 6.90. The van der Waals surface area contributed by atoms with E-state index in [1.54, 1.807) is 6.07 Å². The average Bonchev–Trinajstić information content (AvgIpc) is 3.15. The molecule has 0 atom stereocenters. The standard InChI is InChI=1S/C22H11ClF5N3O4S/c23-12-8-11(35-22(26,27)28)5-7-16(12)34-10-4-6-15-17(9-10)36-21(29-15)31-20(33)30-19(32)18-13(24)2-1-3-14(18)25/h1-9H,(H2,29,30,31,32,33). The summed E-state index contributed by atoms with van der Waals surface area (Å²) in [5.74, 6) is -3.72. The Morgan fingerprint density at radius 1 is 0.972 bits per heavy atom. The molecule has 3 aromatic carbocycles. The highest BCUT2D eigenvalue weighted by molar-refractivity contribution is 7.22. The van der Waals surface area contributed by atoms with Gasteiger partial charge in [0.2, 0.25) is 0 Å². The van der Waals surface area contributed by atoms with Crippen molar-refractivity contribution in [2.24, 2.45) is 0 Å². The Bertz CT molecular complexity index is 1460. The minimum Gasteiger partial charge on any atom is -0.456 e. The largest absolute Gasteiger partial charge is 0.573 e. The van der Waals surface area contributed by atoms with Crippen molar-refractivity contribution in [3.05, 3.63) is 76.8 Å². The van der Waals surface area contributed by atoms with Crippen LogP contribution in [0, 0.1) is 11.6 Å². The van der Waals surface area contributed by atoms with Crippen molar-refractivity contribution < 1.29 is 41.0 Å². The first kappa shape index (κ1) is 25.1. The van der Waals surface area contributed by atoms with Crippen LogP contribution in [0.4, 0.5) is 31.9 Å². The molecule has 186 valence electrons. The number of thiazole rings is 1. The zero-order valence-electron chi connectivity index (χ0n) is 17.5. The monoisotopic (exact) mass is 543 g/mol. The smallest absolute Gasteiger partial charge is 0.456 e. The summed E-state index contributed by atoms with van der Waals surface area (Å²) in [6.45, 7) is 0. The zero-order valence-corrected chi connectivity index (χ0v) is 19.0. The number of anilines is 1. The highest BCUT2D eigenvalue weighted by Gasteiger charge is 2.31. The van der Waals surface area contributed by atoms with Crippen LogP contribution in [0.3, 0.4) is 0 Å². The molecule has 0 aliphatic carbocycles. The summed E-state index contributed by atoms with van der Waals surface area (Å²) in [4.78, 5) is 28.3. The molecule has 0 saturated carbocycles. The number of fused-ring (bicyclic) bond motifs is 1. The maximum atomic E-state index is 13.7. The van der Waals surface area contributed by atoms with E-state index < -0.39 is 41.2 Å². The van der Waals surface area contributed by atoms with E-state index in [-0.39, 0.29) is 21.7 Å². The molecule has 7 nitrogen and oxygen atoms in total. The molecule has 2 N–H and O–H groups in total. The molecule has 4 aromatic rings. The average molecular weight is 544 g/mol. The summed E-state index contributed by atoms with van der Waals surface area (Å²) in [6.07, 6.45) is -4.87. The SMILES string of the molecule is O=C(NC(=O)c1c(F)cccc1F)Nc1nc2ccc(Oc3ccc(OC(F)(F)F)cc3Cl)cc2s1. The van der Waals surface area contributed by atoms with Gasteiger partial charge in [0.1, 0.15) is 34.4 Å². The highest BCUT2D eigenvalue weighted by Crippen LogP contribution is 2.36. The number of amides is 3. The van der Waals surface area contributed by atoms with Crippen LogP contribution in [-0.2, 0) is 0 Å². The van der Waals surface area contributed by atoms with Crippen LogP contribution in [0.25, 0.3) is 10.2 Å². The zero-order chi connectivity index (χ0) is 26.0. The third-order valence-corrected chi connectivity index (χ3v) is 5.59. The van der Waals surface area contributed by atoms with E-state index in [9.17, 15) is 31.5 Å². The van der Waals surface area contributed by atoms with Gasteiger partial charge < -0.3 is 9.47 Å². The Balaban J connectivity index is 1.44. The van der Waals surface area contributed by atoms with Crippen LogP contribution in [0.5, 0.6) is 17.2 Å². The maximum absolute atomic E-state index is 13.7. The van der Waals surface area contributed by atoms with E-state index in [2.05, 4.69) is 15.0 Å². The number of rotatable bonds is 5. The number of hydrogen-bond acceptors (Lipinski definition) is 6. The summed E-state index contributed by atoms with van der Waals surface area (Å²) in [5.41, 5.74) is -0.468. The molecule has 0 aliphatic rings. The second-order valence-corrected chi connectivity index (χ2v) is 8.33. The molecular formula is C22H11ClF5N3O4S. The Morgan fingerprint density at radius 3 is 2.33 bits per heavy atom. The lowest BCUT2D eigenvalue weighted by Crippen LogP contribution is -2.35. The summed E-state index contributed by atoms with van der Waals surface area (Å²) >= 11 is 6.97. The predicted molar refractivity (Wildman–Crippen MR) is 121 cm³/mol. The number of hydrogen-bond donors (Lipinski definition) is 2. The van der Waals surface area contributed by atoms with Crippen LogP contribution >= 0.6 is 22.9 Å². The molecule has 3 amide bonds. The number of aromatic nitrogens is 1. The molecule has 1 heterocycles. The topological polar surface area (TPSA) is 89.6 Å². The Kier molecular flexibility index (Phi) is 6.95. The van der Waals surface area contributed by atoms with Crippen molar-refractivity contribution in [3.8, 4) is 17.2 Å². The van der Waals surface area contributed by atoms with Crippen molar-refractivity contribution in [3.63, 3.8) is 0 Å². The molecule has 0 spiro atoms. The van der Waals surface area contributed by atoms with Gasteiger partial charge in [0, 0.05) is 12.1 Å². The lowest BCUT2D eigenvalue weighted by molar-refractivity contribution is -0.274. The first-order valence-electron chi connectivity index (χ1n) is 9.68. The Hall–Kier alpha value is -3.97. The summed E-state index contributed by atoms with van der Waals surface area (Å²) in [6, 6.07) is 9.53. The number of carbonyl (C=O) groups excluding carboxylic acids is 2. The van der Waals surface area contributed by atoms with Gasteiger partial charge >= 0.3 is 12.4 Å². The van der Waals surface area contributed by atoms with Gasteiger partial charge in [-0.1, -0.05) is 29.0 Å². The normalized spacial score (nSPS) is 11.3. The third-order valence-electron chi connectivity index (χ3n) is 4.36. The van der Waals surface area contributed by atoms with Crippen molar-refractivity contribution in [1.82, 2.24) is 10.3 Å². The van der Waals surface area contributed by atoms with Crippen molar-refractivity contribution in [2.45, 2.75) is 6.36 Å². The fraction of sp³-hybridized carbons (Fsp3) is 0.0455. The predicted octanol–water partition coefficient (Wildman–Crippen LogP) is 6.88. The number of carbonyl (C=O) groups is 2. The fourth-order valence-electron chi connectivity index (χ4n) is 2.92. The fourth-order valence-corrected chi connectivity index (χ4v) is 4.02.